The zero-order valence-electron chi connectivity index (χ0n) is 12.7. The van der Waals surface area contributed by atoms with Crippen molar-refractivity contribution >= 4 is 0 Å². The van der Waals surface area contributed by atoms with Crippen LogP contribution < -0.4 is 5.32 Å². The third-order valence-corrected chi connectivity index (χ3v) is 4.51. The second-order valence-electron chi connectivity index (χ2n) is 6.61. The van der Waals surface area contributed by atoms with Gasteiger partial charge < -0.3 is 10.2 Å². The van der Waals surface area contributed by atoms with Gasteiger partial charge in [0.1, 0.15) is 0 Å². The molecule has 1 aliphatic carbocycles. The van der Waals surface area contributed by atoms with E-state index in [4.69, 9.17) is 0 Å². The molecule has 0 aliphatic heterocycles. The van der Waals surface area contributed by atoms with Crippen LogP contribution in [0.25, 0.3) is 0 Å². The number of pyridine rings is 1. The molecule has 1 fully saturated rings. The normalized spacial score (nSPS) is 25.9. The second-order valence-corrected chi connectivity index (χ2v) is 6.61. The quantitative estimate of drug-likeness (QED) is 0.883. The van der Waals surface area contributed by atoms with E-state index in [9.17, 15) is 0 Å². The molecule has 0 radical (unpaired) electrons. The predicted molar refractivity (Wildman–Crippen MR) is 79.9 cm³/mol. The van der Waals surface area contributed by atoms with Crippen molar-refractivity contribution in [3.8, 4) is 0 Å². The zero-order valence-corrected chi connectivity index (χ0v) is 12.7. The van der Waals surface area contributed by atoms with Gasteiger partial charge in [0.15, 0.2) is 0 Å². The van der Waals surface area contributed by atoms with E-state index in [0.717, 1.165) is 19.0 Å². The van der Waals surface area contributed by atoms with Gasteiger partial charge in [0.2, 0.25) is 0 Å². The van der Waals surface area contributed by atoms with Gasteiger partial charge >= 0.3 is 0 Å². The van der Waals surface area contributed by atoms with Gasteiger partial charge in [-0.3, -0.25) is 4.98 Å². The Kier molecular flexibility index (Phi) is 4.58. The molecule has 2 rings (SSSR count). The minimum atomic E-state index is 0.425. The van der Waals surface area contributed by atoms with E-state index in [0.29, 0.717) is 11.5 Å². The fourth-order valence-corrected chi connectivity index (χ4v) is 3.61. The lowest BCUT2D eigenvalue weighted by Crippen LogP contribution is -2.43. The summed E-state index contributed by atoms with van der Waals surface area (Å²) in [5.74, 6) is 0.752. The number of nitrogens with zero attached hydrogens (tertiary/aromatic N) is 2. The van der Waals surface area contributed by atoms with Crippen LogP contribution in [-0.4, -0.2) is 36.6 Å². The summed E-state index contributed by atoms with van der Waals surface area (Å²) in [6, 6.07) is 4.79. The third kappa shape index (κ3) is 3.54. The number of rotatable bonds is 5. The number of hydrogen-bond donors (Lipinski definition) is 1. The van der Waals surface area contributed by atoms with E-state index < -0.39 is 0 Å². The van der Waals surface area contributed by atoms with Crippen LogP contribution in [0.5, 0.6) is 0 Å². The standard InChI is InChI=1S/C16H27N3/c1-16(2)8-7-14(15(16)17-3)12-19(4)11-13-6-5-9-18-10-13/h5-6,9-10,14-15,17H,7-8,11-12H2,1-4H3. The maximum absolute atomic E-state index is 4.18. The minimum Gasteiger partial charge on any atom is -0.316 e. The molecule has 0 spiro atoms. The van der Waals surface area contributed by atoms with E-state index in [-0.39, 0.29) is 0 Å². The molecule has 106 valence electrons. The smallest absolute Gasteiger partial charge is 0.0312 e. The minimum absolute atomic E-state index is 0.425. The molecule has 2 atom stereocenters. The number of nitrogens with one attached hydrogen (secondary N) is 1. The van der Waals surface area contributed by atoms with Crippen molar-refractivity contribution in [2.24, 2.45) is 11.3 Å². The Morgan fingerprint density at radius 3 is 2.89 bits per heavy atom. The molecule has 1 N–H and O–H groups in total. The van der Waals surface area contributed by atoms with Gasteiger partial charge in [0, 0.05) is 31.5 Å². The predicted octanol–water partition coefficient (Wildman–Crippen LogP) is 2.54. The van der Waals surface area contributed by atoms with Crippen LogP contribution in [-0.2, 0) is 6.54 Å². The summed E-state index contributed by atoms with van der Waals surface area (Å²) in [6.45, 7) is 6.91. The molecule has 1 aromatic heterocycles. The molecule has 0 saturated heterocycles. The van der Waals surface area contributed by atoms with Crippen LogP contribution in [0.4, 0.5) is 0 Å². The zero-order chi connectivity index (χ0) is 13.9. The van der Waals surface area contributed by atoms with Crippen molar-refractivity contribution in [1.29, 1.82) is 0 Å². The Morgan fingerprint density at radius 1 is 1.47 bits per heavy atom. The summed E-state index contributed by atoms with van der Waals surface area (Å²) >= 11 is 0. The van der Waals surface area contributed by atoms with Crippen LogP contribution in [0.1, 0.15) is 32.3 Å². The van der Waals surface area contributed by atoms with Gasteiger partial charge in [-0.2, -0.15) is 0 Å². The lowest BCUT2D eigenvalue weighted by molar-refractivity contribution is 0.207. The van der Waals surface area contributed by atoms with Crippen molar-refractivity contribution in [2.45, 2.75) is 39.3 Å². The van der Waals surface area contributed by atoms with Crippen molar-refractivity contribution in [1.82, 2.24) is 15.2 Å². The Morgan fingerprint density at radius 2 is 2.26 bits per heavy atom. The summed E-state index contributed by atoms with van der Waals surface area (Å²) in [6.07, 6.45) is 6.45. The Labute approximate surface area is 117 Å². The molecule has 1 heterocycles. The molecule has 19 heavy (non-hydrogen) atoms. The van der Waals surface area contributed by atoms with Gasteiger partial charge in [0.05, 0.1) is 0 Å². The highest BCUT2D eigenvalue weighted by atomic mass is 15.1. The number of hydrogen-bond acceptors (Lipinski definition) is 3. The maximum atomic E-state index is 4.18. The van der Waals surface area contributed by atoms with Crippen LogP contribution in [0.3, 0.4) is 0 Å². The molecule has 1 aliphatic rings. The molecule has 0 bridgehead atoms. The van der Waals surface area contributed by atoms with E-state index in [1.807, 2.05) is 18.5 Å². The topological polar surface area (TPSA) is 28.2 Å². The van der Waals surface area contributed by atoms with Crippen molar-refractivity contribution < 1.29 is 0 Å². The van der Waals surface area contributed by atoms with Crippen molar-refractivity contribution in [2.75, 3.05) is 20.6 Å². The van der Waals surface area contributed by atoms with Crippen LogP contribution in [0.15, 0.2) is 24.5 Å². The fraction of sp³-hybridized carbons (Fsp3) is 0.688. The van der Waals surface area contributed by atoms with E-state index >= 15 is 0 Å². The third-order valence-electron chi connectivity index (χ3n) is 4.51. The van der Waals surface area contributed by atoms with Crippen molar-refractivity contribution in [3.63, 3.8) is 0 Å². The summed E-state index contributed by atoms with van der Waals surface area (Å²) in [5, 5.41) is 3.53. The molecule has 0 aromatic carbocycles. The Bertz CT molecular complexity index is 388. The van der Waals surface area contributed by atoms with E-state index in [1.165, 1.54) is 18.4 Å². The molecule has 0 amide bonds. The molecular weight excluding hydrogens is 234 g/mol. The Balaban J connectivity index is 1.91. The van der Waals surface area contributed by atoms with Gasteiger partial charge in [-0.15, -0.1) is 0 Å². The molecule has 3 heteroatoms. The molecule has 1 saturated carbocycles. The van der Waals surface area contributed by atoms with Crippen LogP contribution in [0.2, 0.25) is 0 Å². The molecule has 1 aromatic rings. The summed E-state index contributed by atoms with van der Waals surface area (Å²) < 4.78 is 0. The molecular formula is C16H27N3. The molecule has 2 unspecified atom stereocenters. The van der Waals surface area contributed by atoms with Gasteiger partial charge in [-0.25, -0.2) is 0 Å². The highest BCUT2D eigenvalue weighted by molar-refractivity contribution is 5.08. The van der Waals surface area contributed by atoms with Crippen LogP contribution >= 0.6 is 0 Å². The first-order valence-corrected chi connectivity index (χ1v) is 7.27. The maximum Gasteiger partial charge on any atom is 0.0312 e. The van der Waals surface area contributed by atoms with Crippen molar-refractivity contribution in [3.05, 3.63) is 30.1 Å². The molecule has 3 nitrogen and oxygen atoms in total. The fourth-order valence-electron chi connectivity index (χ4n) is 3.61. The highest BCUT2D eigenvalue weighted by Gasteiger charge is 2.40. The first-order chi connectivity index (χ1) is 9.03. The summed E-state index contributed by atoms with van der Waals surface area (Å²) in [4.78, 5) is 6.61. The second kappa shape index (κ2) is 6.02. The monoisotopic (exact) mass is 261 g/mol. The average Bonchev–Trinajstić information content (AvgIpc) is 2.65. The number of aromatic nitrogens is 1. The first-order valence-electron chi connectivity index (χ1n) is 7.27. The SMILES string of the molecule is CNC1C(CN(C)Cc2cccnc2)CCC1(C)C. The summed E-state index contributed by atoms with van der Waals surface area (Å²) in [5.41, 5.74) is 1.72. The average molecular weight is 261 g/mol. The summed E-state index contributed by atoms with van der Waals surface area (Å²) in [7, 11) is 4.32. The van der Waals surface area contributed by atoms with Crippen LogP contribution in [0, 0.1) is 11.3 Å². The van der Waals surface area contributed by atoms with E-state index in [2.05, 4.69) is 49.2 Å². The Hall–Kier alpha value is -0.930. The largest absolute Gasteiger partial charge is 0.316 e. The van der Waals surface area contributed by atoms with Gasteiger partial charge in [-0.05, 0) is 49.9 Å². The highest BCUT2D eigenvalue weighted by Crippen LogP contribution is 2.41. The lowest BCUT2D eigenvalue weighted by atomic mass is 9.85. The van der Waals surface area contributed by atoms with E-state index in [1.54, 1.807) is 0 Å². The van der Waals surface area contributed by atoms with Gasteiger partial charge in [-0.1, -0.05) is 19.9 Å². The first kappa shape index (κ1) is 14.5. The lowest BCUT2D eigenvalue weighted by Gasteiger charge is -2.32. The van der Waals surface area contributed by atoms with Gasteiger partial charge in [0.25, 0.3) is 0 Å².